The summed E-state index contributed by atoms with van der Waals surface area (Å²) in [5.41, 5.74) is 0.367. The van der Waals surface area contributed by atoms with Crippen LogP contribution in [0.25, 0.3) is 6.08 Å². The molecule has 0 radical (unpaired) electrons. The Hall–Kier alpha value is -2.60. The van der Waals surface area contributed by atoms with Crippen molar-refractivity contribution >= 4 is 23.3 Å². The number of nitrogens with zero attached hydrogens (tertiary/aromatic N) is 4. The van der Waals surface area contributed by atoms with Crippen molar-refractivity contribution in [3.8, 4) is 5.19 Å². The molecule has 2 aromatic rings. The maximum atomic E-state index is 15.5. The molecule has 7 nitrogen and oxygen atoms in total. The van der Waals surface area contributed by atoms with Crippen molar-refractivity contribution in [2.45, 2.75) is 76.2 Å². The molecular formula is C26H33F4N5O2S. The Bertz CT molecular complexity index is 1070. The topological polar surface area (TPSA) is 80.2 Å². The molecule has 0 unspecified atom stereocenters. The van der Waals surface area contributed by atoms with Crippen LogP contribution in [0.3, 0.4) is 0 Å². The lowest BCUT2D eigenvalue weighted by atomic mass is 9.81. The second-order valence-corrected chi connectivity index (χ2v) is 11.0. The van der Waals surface area contributed by atoms with Gasteiger partial charge >= 0.3 is 6.18 Å². The van der Waals surface area contributed by atoms with Crippen LogP contribution in [0.4, 0.5) is 17.6 Å². The zero-order chi connectivity index (χ0) is 27.2. The summed E-state index contributed by atoms with van der Waals surface area (Å²) in [4.78, 5) is 28.1. The summed E-state index contributed by atoms with van der Waals surface area (Å²) in [5.74, 6) is 0.458. The number of nitrogens with one attached hydrogen (secondary N) is 1. The maximum absolute atomic E-state index is 15.5. The number of aryl methyl sites for hydroxylation is 1. The van der Waals surface area contributed by atoms with Gasteiger partial charge in [-0.1, -0.05) is 11.3 Å². The average molecular weight is 556 g/mol. The Labute approximate surface area is 223 Å². The van der Waals surface area contributed by atoms with Crippen LogP contribution in [0.2, 0.25) is 0 Å². The van der Waals surface area contributed by atoms with Gasteiger partial charge in [0, 0.05) is 61.0 Å². The summed E-state index contributed by atoms with van der Waals surface area (Å²) in [6.45, 7) is 3.49. The second-order valence-electron chi connectivity index (χ2n) is 9.99. The van der Waals surface area contributed by atoms with Crippen LogP contribution in [0, 0.1) is 6.92 Å². The molecule has 12 heteroatoms. The van der Waals surface area contributed by atoms with E-state index in [1.807, 2.05) is 0 Å². The summed E-state index contributed by atoms with van der Waals surface area (Å²) < 4.78 is 57.7. The molecule has 4 rings (SSSR count). The number of rotatable bonds is 9. The lowest BCUT2D eigenvalue weighted by Crippen LogP contribution is -2.42. The third-order valence-corrected chi connectivity index (χ3v) is 8.09. The molecule has 1 aliphatic carbocycles. The first-order valence-electron chi connectivity index (χ1n) is 12.9. The van der Waals surface area contributed by atoms with Gasteiger partial charge in [0.1, 0.15) is 11.5 Å². The zero-order valence-electron chi connectivity index (χ0n) is 21.4. The monoisotopic (exact) mass is 555 g/mol. The predicted octanol–water partition coefficient (Wildman–Crippen LogP) is 4.84. The van der Waals surface area contributed by atoms with Gasteiger partial charge in [0.25, 0.3) is 5.19 Å². The number of amides is 1. The zero-order valence-corrected chi connectivity index (χ0v) is 22.2. The Morgan fingerprint density at radius 1 is 1.24 bits per heavy atom. The highest BCUT2D eigenvalue weighted by Gasteiger charge is 2.36. The number of halogens is 4. The van der Waals surface area contributed by atoms with Gasteiger partial charge in [0.2, 0.25) is 5.91 Å². The maximum Gasteiger partial charge on any atom is 0.392 e. The number of alkyl halides is 4. The highest BCUT2D eigenvalue weighted by atomic mass is 32.1. The van der Waals surface area contributed by atoms with Crippen molar-refractivity contribution < 1.29 is 27.1 Å². The first kappa shape index (κ1) is 28.4. The van der Waals surface area contributed by atoms with Crippen molar-refractivity contribution in [1.82, 2.24) is 25.2 Å². The van der Waals surface area contributed by atoms with Gasteiger partial charge in [-0.2, -0.15) is 13.2 Å². The van der Waals surface area contributed by atoms with Gasteiger partial charge in [0.05, 0.1) is 18.7 Å². The van der Waals surface area contributed by atoms with Gasteiger partial charge in [0.15, 0.2) is 0 Å². The standard InChI is InChI=1S/C26H33F4N5O2S/c1-18-31-16-19(17-32-18)2-3-23(36)33-20-4-8-25(27,9-5-20)10-14-35-12-6-21-22(7-13-35)38-24(34-21)37-15-11-26(28,29)30/h2-3,16-17,20H,4-15H2,1H3,(H,33,36)/b3-2+. The normalized spacial score (nSPS) is 22.7. The third-order valence-electron chi connectivity index (χ3n) is 7.02. The number of hydrogen-bond acceptors (Lipinski definition) is 7. The molecule has 1 saturated carbocycles. The Kier molecular flexibility index (Phi) is 9.35. The van der Waals surface area contributed by atoms with E-state index < -0.39 is 24.9 Å². The van der Waals surface area contributed by atoms with Crippen LogP contribution in [0.1, 0.15) is 60.5 Å². The molecule has 2 aromatic heterocycles. The van der Waals surface area contributed by atoms with E-state index in [2.05, 4.69) is 25.2 Å². The quantitative estimate of drug-likeness (QED) is 0.352. The second kappa shape index (κ2) is 12.5. The number of hydrogen-bond donors (Lipinski definition) is 1. The van der Waals surface area contributed by atoms with E-state index >= 15 is 4.39 Å². The van der Waals surface area contributed by atoms with Crippen molar-refractivity contribution in [1.29, 1.82) is 0 Å². The van der Waals surface area contributed by atoms with Crippen LogP contribution < -0.4 is 10.1 Å². The molecule has 1 aliphatic heterocycles. The molecule has 0 atom stereocenters. The average Bonchev–Trinajstić information content (AvgIpc) is 3.15. The SMILES string of the molecule is Cc1ncc(/C=C/C(=O)NC2CCC(F)(CCN3CCc4nc(OCCC(F)(F)F)sc4CC3)CC2)cn1. The number of carbonyl (C=O) groups is 1. The molecule has 0 bridgehead atoms. The van der Waals surface area contributed by atoms with Gasteiger partial charge in [-0.05, 0) is 51.5 Å². The molecule has 1 N–H and O–H groups in total. The van der Waals surface area contributed by atoms with E-state index in [9.17, 15) is 18.0 Å². The minimum Gasteiger partial charge on any atom is -0.470 e. The summed E-state index contributed by atoms with van der Waals surface area (Å²) in [5, 5.41) is 3.26. The molecule has 0 spiro atoms. The van der Waals surface area contributed by atoms with E-state index in [0.717, 1.165) is 35.6 Å². The largest absolute Gasteiger partial charge is 0.470 e. The number of carbonyl (C=O) groups excluding carboxylic acids is 1. The number of aromatic nitrogens is 3. The van der Waals surface area contributed by atoms with Crippen LogP contribution in [-0.4, -0.2) is 69.9 Å². The van der Waals surface area contributed by atoms with Gasteiger partial charge < -0.3 is 15.0 Å². The summed E-state index contributed by atoms with van der Waals surface area (Å²) in [6, 6.07) is -0.0434. The van der Waals surface area contributed by atoms with Crippen molar-refractivity contribution in [3.05, 3.63) is 40.4 Å². The molecule has 0 aromatic carbocycles. The minimum absolute atomic E-state index is 0.0434. The summed E-state index contributed by atoms with van der Waals surface area (Å²) >= 11 is 1.31. The summed E-state index contributed by atoms with van der Waals surface area (Å²) in [6.07, 6.45) is 5.04. The molecular weight excluding hydrogens is 522 g/mol. The van der Waals surface area contributed by atoms with Crippen LogP contribution in [0.15, 0.2) is 18.5 Å². The van der Waals surface area contributed by atoms with Crippen molar-refractivity contribution in [2.75, 3.05) is 26.2 Å². The minimum atomic E-state index is -4.24. The van der Waals surface area contributed by atoms with Crippen LogP contribution >= 0.6 is 11.3 Å². The number of fused-ring (bicyclic) bond motifs is 1. The lowest BCUT2D eigenvalue weighted by molar-refractivity contribution is -0.139. The van der Waals surface area contributed by atoms with Gasteiger partial charge in [-0.25, -0.2) is 19.3 Å². The molecule has 1 fully saturated rings. The van der Waals surface area contributed by atoms with E-state index in [4.69, 9.17) is 4.74 Å². The van der Waals surface area contributed by atoms with Crippen molar-refractivity contribution in [2.24, 2.45) is 0 Å². The van der Waals surface area contributed by atoms with Gasteiger partial charge in [-0.3, -0.25) is 4.79 Å². The summed E-state index contributed by atoms with van der Waals surface area (Å²) in [7, 11) is 0. The third kappa shape index (κ3) is 8.72. The lowest BCUT2D eigenvalue weighted by Gasteiger charge is -2.35. The number of thiazole rings is 1. The van der Waals surface area contributed by atoms with Gasteiger partial charge in [-0.15, -0.1) is 0 Å². The first-order chi connectivity index (χ1) is 18.1. The van der Waals surface area contributed by atoms with E-state index in [-0.39, 0.29) is 11.9 Å². The fraction of sp³-hybridized carbons (Fsp3) is 0.615. The van der Waals surface area contributed by atoms with Crippen LogP contribution in [0.5, 0.6) is 5.19 Å². The number of ether oxygens (including phenoxy) is 1. The Balaban J connectivity index is 1.16. The molecule has 3 heterocycles. The van der Waals surface area contributed by atoms with E-state index in [1.54, 1.807) is 25.4 Å². The fourth-order valence-corrected chi connectivity index (χ4v) is 5.69. The highest BCUT2D eigenvalue weighted by molar-refractivity contribution is 7.13. The van der Waals surface area contributed by atoms with Crippen LogP contribution in [-0.2, 0) is 17.6 Å². The van der Waals surface area contributed by atoms with E-state index in [0.29, 0.717) is 56.1 Å². The molecule has 0 saturated heterocycles. The predicted molar refractivity (Wildman–Crippen MR) is 137 cm³/mol. The van der Waals surface area contributed by atoms with Crippen molar-refractivity contribution in [3.63, 3.8) is 0 Å². The molecule has 1 amide bonds. The Morgan fingerprint density at radius 2 is 1.95 bits per heavy atom. The smallest absolute Gasteiger partial charge is 0.392 e. The fourth-order valence-electron chi connectivity index (χ4n) is 4.72. The van der Waals surface area contributed by atoms with E-state index in [1.165, 1.54) is 17.4 Å². The highest BCUT2D eigenvalue weighted by Crippen LogP contribution is 2.36. The molecule has 208 valence electrons. The first-order valence-corrected chi connectivity index (χ1v) is 13.8. The molecule has 38 heavy (non-hydrogen) atoms. The molecule has 2 aliphatic rings. The Morgan fingerprint density at radius 3 is 2.66 bits per heavy atom.